The zero-order valence-electron chi connectivity index (χ0n) is 11.6. The zero-order chi connectivity index (χ0) is 14.6. The molecule has 1 heterocycles. The first-order chi connectivity index (χ1) is 9.57. The van der Waals surface area contributed by atoms with Crippen molar-refractivity contribution >= 4 is 10.0 Å². The van der Waals surface area contributed by atoms with E-state index in [2.05, 4.69) is 16.3 Å². The minimum atomic E-state index is -3.53. The fraction of sp³-hybridized carbons (Fsp3) is 0.615. The Bertz CT molecular complexity index is 584. The summed E-state index contributed by atoms with van der Waals surface area (Å²) >= 11 is 0. The molecule has 2 rings (SSSR count). The van der Waals surface area contributed by atoms with E-state index in [9.17, 15) is 8.42 Å². The van der Waals surface area contributed by atoms with Gasteiger partial charge in [0.15, 0.2) is 0 Å². The highest BCUT2D eigenvalue weighted by Crippen LogP contribution is 2.18. The van der Waals surface area contributed by atoms with Crippen LogP contribution in [0.5, 0.6) is 0 Å². The summed E-state index contributed by atoms with van der Waals surface area (Å²) in [6.07, 6.45) is 10.6. The van der Waals surface area contributed by atoms with E-state index in [0.717, 1.165) is 6.54 Å². The Hall–Kier alpha value is -1.36. The van der Waals surface area contributed by atoms with Gasteiger partial charge >= 0.3 is 0 Å². The van der Waals surface area contributed by atoms with Crippen molar-refractivity contribution in [1.29, 1.82) is 0 Å². The van der Waals surface area contributed by atoms with Gasteiger partial charge < -0.3 is 5.32 Å². The summed E-state index contributed by atoms with van der Waals surface area (Å²) in [6, 6.07) is 0.639. The topological polar surface area (TPSA) is 67.2 Å². The molecule has 0 atom stereocenters. The van der Waals surface area contributed by atoms with Crippen molar-refractivity contribution in [3.05, 3.63) is 12.4 Å². The number of hydrogen-bond acceptors (Lipinski definition) is 4. The minimum absolute atomic E-state index is 0.0766. The molecule has 7 heteroatoms. The lowest BCUT2D eigenvalue weighted by atomic mass is 10.6. The molecule has 0 spiro atoms. The fourth-order valence-electron chi connectivity index (χ4n) is 1.89. The van der Waals surface area contributed by atoms with Crippen LogP contribution in [0.4, 0.5) is 0 Å². The Balaban J connectivity index is 2.00. The number of nitrogens with zero attached hydrogens (tertiary/aromatic N) is 3. The highest BCUT2D eigenvalue weighted by Gasteiger charge is 2.24. The molecule has 1 aromatic rings. The van der Waals surface area contributed by atoms with Crippen LogP contribution in [0, 0.1) is 12.3 Å². The van der Waals surface area contributed by atoms with Gasteiger partial charge in [-0.25, -0.2) is 8.42 Å². The number of aromatic nitrogens is 2. The van der Waals surface area contributed by atoms with Crippen molar-refractivity contribution < 1.29 is 8.42 Å². The monoisotopic (exact) mass is 296 g/mol. The van der Waals surface area contributed by atoms with Gasteiger partial charge in [-0.3, -0.25) is 4.68 Å². The minimum Gasteiger partial charge on any atom is -0.312 e. The molecule has 0 bridgehead atoms. The van der Waals surface area contributed by atoms with Crippen LogP contribution in [-0.4, -0.2) is 48.2 Å². The molecule has 0 saturated heterocycles. The van der Waals surface area contributed by atoms with Crippen LogP contribution in [0.1, 0.15) is 19.8 Å². The first kappa shape index (κ1) is 15.0. The van der Waals surface area contributed by atoms with Gasteiger partial charge in [0.25, 0.3) is 0 Å². The van der Waals surface area contributed by atoms with Gasteiger partial charge in [0, 0.05) is 25.3 Å². The smallest absolute Gasteiger partial charge is 0.247 e. The Morgan fingerprint density at radius 3 is 2.95 bits per heavy atom. The lowest BCUT2D eigenvalue weighted by molar-refractivity contribution is 0.464. The van der Waals surface area contributed by atoms with Crippen LogP contribution >= 0.6 is 0 Å². The van der Waals surface area contributed by atoms with Crippen molar-refractivity contribution in [2.45, 2.75) is 37.2 Å². The van der Waals surface area contributed by atoms with Gasteiger partial charge in [0.2, 0.25) is 10.0 Å². The molecule has 0 radical (unpaired) electrons. The van der Waals surface area contributed by atoms with Crippen molar-refractivity contribution in [3.63, 3.8) is 0 Å². The van der Waals surface area contributed by atoms with Gasteiger partial charge in [0.05, 0.1) is 19.3 Å². The Kier molecular flexibility index (Phi) is 4.81. The molecule has 1 aliphatic rings. The maximum atomic E-state index is 12.3. The number of nitrogens with one attached hydrogen (secondary N) is 1. The average molecular weight is 296 g/mol. The van der Waals surface area contributed by atoms with E-state index in [4.69, 9.17) is 6.42 Å². The SMILES string of the molecule is C#CCN(CC)S(=O)(=O)c1cnn(CCNC2CC2)c1. The second-order valence-electron chi connectivity index (χ2n) is 4.80. The van der Waals surface area contributed by atoms with Crippen LogP contribution in [-0.2, 0) is 16.6 Å². The molecule has 0 amide bonds. The summed E-state index contributed by atoms with van der Waals surface area (Å²) < 4.78 is 27.5. The molecular formula is C13H20N4O2S. The molecule has 6 nitrogen and oxygen atoms in total. The third-order valence-electron chi connectivity index (χ3n) is 3.22. The number of terminal acetylenes is 1. The van der Waals surface area contributed by atoms with Crippen LogP contribution in [0.25, 0.3) is 0 Å². The maximum absolute atomic E-state index is 12.3. The largest absolute Gasteiger partial charge is 0.312 e. The van der Waals surface area contributed by atoms with Crippen molar-refractivity contribution in [1.82, 2.24) is 19.4 Å². The van der Waals surface area contributed by atoms with E-state index >= 15 is 0 Å². The summed E-state index contributed by atoms with van der Waals surface area (Å²) in [6.45, 7) is 3.65. The van der Waals surface area contributed by atoms with Crippen molar-refractivity contribution in [2.75, 3.05) is 19.6 Å². The van der Waals surface area contributed by atoms with E-state index < -0.39 is 10.0 Å². The standard InChI is InChI=1S/C13H20N4O2S/c1-3-8-17(4-2)20(18,19)13-10-15-16(11-13)9-7-14-12-5-6-12/h1,10-12,14H,4-9H2,2H3. The van der Waals surface area contributed by atoms with Crippen LogP contribution in [0.15, 0.2) is 17.3 Å². The summed E-state index contributed by atoms with van der Waals surface area (Å²) in [4.78, 5) is 0.195. The normalized spacial score (nSPS) is 15.4. The second kappa shape index (κ2) is 6.39. The predicted molar refractivity (Wildman–Crippen MR) is 76.5 cm³/mol. The van der Waals surface area contributed by atoms with Crippen LogP contribution in [0.2, 0.25) is 0 Å². The quantitative estimate of drug-likeness (QED) is 0.700. The predicted octanol–water partition coefficient (Wildman–Crippen LogP) is 0.279. The van der Waals surface area contributed by atoms with Gasteiger partial charge in [-0.1, -0.05) is 12.8 Å². The average Bonchev–Trinajstić information content (AvgIpc) is 3.11. The highest BCUT2D eigenvalue weighted by atomic mass is 32.2. The first-order valence-corrected chi connectivity index (χ1v) is 8.21. The van der Waals surface area contributed by atoms with Crippen molar-refractivity contribution in [2.24, 2.45) is 0 Å². The summed E-state index contributed by atoms with van der Waals surface area (Å²) in [5.74, 6) is 2.36. The lowest BCUT2D eigenvalue weighted by Crippen LogP contribution is -2.31. The molecule has 1 aromatic heterocycles. The van der Waals surface area contributed by atoms with Gasteiger partial charge in [-0.05, 0) is 12.8 Å². The molecule has 110 valence electrons. The second-order valence-corrected chi connectivity index (χ2v) is 6.74. The molecular weight excluding hydrogens is 276 g/mol. The van der Waals surface area contributed by atoms with E-state index in [1.807, 2.05) is 0 Å². The van der Waals surface area contributed by atoms with Crippen LogP contribution in [0.3, 0.4) is 0 Å². The molecule has 1 aliphatic carbocycles. The third-order valence-corrected chi connectivity index (χ3v) is 5.09. The molecule has 20 heavy (non-hydrogen) atoms. The van der Waals surface area contributed by atoms with E-state index in [0.29, 0.717) is 19.1 Å². The molecule has 1 N–H and O–H groups in total. The Morgan fingerprint density at radius 1 is 1.60 bits per heavy atom. The first-order valence-electron chi connectivity index (χ1n) is 6.77. The molecule has 0 unspecified atom stereocenters. The Labute approximate surface area is 120 Å². The summed E-state index contributed by atoms with van der Waals surface area (Å²) in [5, 5.41) is 7.46. The highest BCUT2D eigenvalue weighted by molar-refractivity contribution is 7.89. The number of rotatable bonds is 8. The number of sulfonamides is 1. The van der Waals surface area contributed by atoms with E-state index in [-0.39, 0.29) is 11.4 Å². The molecule has 0 aromatic carbocycles. The summed E-state index contributed by atoms with van der Waals surface area (Å²) in [5.41, 5.74) is 0. The Morgan fingerprint density at radius 2 is 2.35 bits per heavy atom. The van der Waals surface area contributed by atoms with Crippen LogP contribution < -0.4 is 5.32 Å². The molecule has 1 saturated carbocycles. The number of hydrogen-bond donors (Lipinski definition) is 1. The fourth-order valence-corrected chi connectivity index (χ4v) is 3.21. The van der Waals surface area contributed by atoms with E-state index in [1.165, 1.54) is 23.3 Å². The van der Waals surface area contributed by atoms with Gasteiger partial charge in [-0.15, -0.1) is 6.42 Å². The maximum Gasteiger partial charge on any atom is 0.247 e. The van der Waals surface area contributed by atoms with Gasteiger partial charge in [0.1, 0.15) is 4.90 Å². The zero-order valence-corrected chi connectivity index (χ0v) is 12.4. The third kappa shape index (κ3) is 3.60. The lowest BCUT2D eigenvalue weighted by Gasteiger charge is -2.16. The van der Waals surface area contributed by atoms with Gasteiger partial charge in [-0.2, -0.15) is 9.40 Å². The van der Waals surface area contributed by atoms with Crippen molar-refractivity contribution in [3.8, 4) is 12.3 Å². The summed E-state index contributed by atoms with van der Waals surface area (Å²) in [7, 11) is -3.53. The van der Waals surface area contributed by atoms with E-state index in [1.54, 1.807) is 17.8 Å². The molecule has 1 fully saturated rings. The molecule has 0 aliphatic heterocycles.